The SMILES string of the molecule is C[C@H]1Oc2ccccc2C=C1/C=c1\sc2nc(/C=C/c3ccc(F)cc3)nn2c1=O. The van der Waals surface area contributed by atoms with Crippen LogP contribution in [0.2, 0.25) is 0 Å². The first-order valence-corrected chi connectivity index (χ1v) is 10.2. The van der Waals surface area contributed by atoms with Gasteiger partial charge < -0.3 is 4.74 Å². The number of halogens is 1. The van der Waals surface area contributed by atoms with E-state index in [0.717, 1.165) is 22.4 Å². The van der Waals surface area contributed by atoms with Crippen LogP contribution >= 0.6 is 11.3 Å². The van der Waals surface area contributed by atoms with Gasteiger partial charge in [-0.3, -0.25) is 4.79 Å². The quantitative estimate of drug-likeness (QED) is 0.509. The van der Waals surface area contributed by atoms with Crippen molar-refractivity contribution in [3.8, 4) is 5.75 Å². The number of ether oxygens (including phenoxy) is 1. The maximum Gasteiger partial charge on any atom is 0.291 e. The van der Waals surface area contributed by atoms with Crippen molar-refractivity contribution in [3.63, 3.8) is 0 Å². The van der Waals surface area contributed by atoms with Crippen LogP contribution in [0.4, 0.5) is 4.39 Å². The Morgan fingerprint density at radius 2 is 1.93 bits per heavy atom. The molecule has 0 fully saturated rings. The van der Waals surface area contributed by atoms with E-state index in [4.69, 9.17) is 4.74 Å². The molecule has 3 heterocycles. The molecule has 0 saturated carbocycles. The summed E-state index contributed by atoms with van der Waals surface area (Å²) in [7, 11) is 0. The van der Waals surface area contributed by atoms with Crippen LogP contribution in [0.1, 0.15) is 23.9 Å². The molecule has 5 rings (SSSR count). The number of aromatic nitrogens is 3. The van der Waals surface area contributed by atoms with E-state index in [1.807, 2.05) is 43.3 Å². The van der Waals surface area contributed by atoms with E-state index in [9.17, 15) is 9.18 Å². The van der Waals surface area contributed by atoms with Gasteiger partial charge in [0.1, 0.15) is 17.7 Å². The van der Waals surface area contributed by atoms with Gasteiger partial charge in [-0.15, -0.1) is 5.10 Å². The fourth-order valence-electron chi connectivity index (χ4n) is 3.24. The molecule has 1 aliphatic rings. The normalized spacial score (nSPS) is 16.7. The van der Waals surface area contributed by atoms with E-state index >= 15 is 0 Å². The number of thiazole rings is 1. The van der Waals surface area contributed by atoms with Crippen molar-refractivity contribution in [2.24, 2.45) is 0 Å². The second-order valence-electron chi connectivity index (χ2n) is 6.91. The highest BCUT2D eigenvalue weighted by Gasteiger charge is 2.18. The van der Waals surface area contributed by atoms with Gasteiger partial charge in [-0.25, -0.2) is 4.39 Å². The predicted octanol–water partition coefficient (Wildman–Crippen LogP) is 3.82. The third kappa shape index (κ3) is 3.44. The molecule has 4 aromatic rings. The van der Waals surface area contributed by atoms with Crippen molar-refractivity contribution in [3.05, 3.63) is 91.8 Å². The van der Waals surface area contributed by atoms with Gasteiger partial charge in [-0.2, -0.15) is 9.50 Å². The number of benzene rings is 2. The molecule has 0 bridgehead atoms. The van der Waals surface area contributed by atoms with Crippen molar-refractivity contribution < 1.29 is 9.13 Å². The molecule has 0 radical (unpaired) electrons. The van der Waals surface area contributed by atoms with Gasteiger partial charge in [0.25, 0.3) is 5.56 Å². The van der Waals surface area contributed by atoms with E-state index in [2.05, 4.69) is 10.1 Å². The Morgan fingerprint density at radius 3 is 2.73 bits per heavy atom. The molecule has 2 aromatic heterocycles. The van der Waals surface area contributed by atoms with Crippen LogP contribution < -0.4 is 14.8 Å². The Labute approximate surface area is 175 Å². The number of hydrogen-bond donors (Lipinski definition) is 0. The Bertz CT molecular complexity index is 1420. The van der Waals surface area contributed by atoms with E-state index in [0.29, 0.717) is 15.3 Å². The minimum atomic E-state index is -0.288. The smallest absolute Gasteiger partial charge is 0.291 e. The van der Waals surface area contributed by atoms with Crippen molar-refractivity contribution in [1.29, 1.82) is 0 Å². The van der Waals surface area contributed by atoms with Gasteiger partial charge in [0.15, 0.2) is 5.82 Å². The molecular formula is C23H16FN3O2S. The first-order chi connectivity index (χ1) is 14.6. The average molecular weight is 417 g/mol. The number of hydrogen-bond acceptors (Lipinski definition) is 5. The summed E-state index contributed by atoms with van der Waals surface area (Å²) in [6, 6.07) is 13.9. The van der Waals surface area contributed by atoms with E-state index in [1.54, 1.807) is 24.3 Å². The fourth-order valence-corrected chi connectivity index (χ4v) is 4.15. The first-order valence-electron chi connectivity index (χ1n) is 9.39. The molecule has 5 nitrogen and oxygen atoms in total. The largest absolute Gasteiger partial charge is 0.485 e. The highest BCUT2D eigenvalue weighted by molar-refractivity contribution is 7.15. The van der Waals surface area contributed by atoms with Crippen LogP contribution in [0.15, 0.2) is 58.9 Å². The van der Waals surface area contributed by atoms with Gasteiger partial charge in [-0.1, -0.05) is 47.7 Å². The van der Waals surface area contributed by atoms with Crippen LogP contribution in [0.3, 0.4) is 0 Å². The van der Waals surface area contributed by atoms with Crippen molar-refractivity contribution in [2.45, 2.75) is 13.0 Å². The summed E-state index contributed by atoms with van der Waals surface area (Å²) in [5.41, 5.74) is 2.52. The molecule has 0 saturated heterocycles. The minimum Gasteiger partial charge on any atom is -0.485 e. The Hall–Kier alpha value is -3.58. The first kappa shape index (κ1) is 18.4. The second kappa shape index (κ2) is 7.35. The third-order valence-corrected chi connectivity index (χ3v) is 5.76. The molecule has 1 aliphatic heterocycles. The molecule has 1 atom stereocenters. The average Bonchev–Trinajstić information content (AvgIpc) is 3.27. The fraction of sp³-hybridized carbons (Fsp3) is 0.0870. The summed E-state index contributed by atoms with van der Waals surface area (Å²) in [4.78, 5) is 17.7. The Morgan fingerprint density at radius 1 is 1.13 bits per heavy atom. The molecular weight excluding hydrogens is 401 g/mol. The van der Waals surface area contributed by atoms with Crippen LogP contribution in [0.5, 0.6) is 5.75 Å². The molecule has 2 aromatic carbocycles. The lowest BCUT2D eigenvalue weighted by molar-refractivity contribution is 0.259. The lowest BCUT2D eigenvalue weighted by Crippen LogP contribution is -2.26. The third-order valence-electron chi connectivity index (χ3n) is 4.81. The highest BCUT2D eigenvalue weighted by atomic mass is 32.1. The van der Waals surface area contributed by atoms with Crippen LogP contribution in [-0.4, -0.2) is 20.7 Å². The maximum atomic E-state index is 13.0. The van der Waals surface area contributed by atoms with E-state index in [1.165, 1.54) is 28.0 Å². The number of fused-ring (bicyclic) bond motifs is 2. The zero-order valence-corrected chi connectivity index (χ0v) is 16.8. The van der Waals surface area contributed by atoms with Gasteiger partial charge in [0.2, 0.25) is 4.96 Å². The number of nitrogens with zero attached hydrogens (tertiary/aromatic N) is 3. The molecule has 0 aliphatic carbocycles. The summed E-state index contributed by atoms with van der Waals surface area (Å²) in [5, 5.41) is 4.29. The molecule has 0 amide bonds. The monoisotopic (exact) mass is 417 g/mol. The van der Waals surface area contributed by atoms with Crippen LogP contribution in [0.25, 0.3) is 29.3 Å². The molecule has 30 heavy (non-hydrogen) atoms. The molecule has 0 spiro atoms. The maximum absolute atomic E-state index is 13.0. The van der Waals surface area contributed by atoms with Crippen molar-refractivity contribution in [1.82, 2.24) is 14.6 Å². The Balaban J connectivity index is 1.48. The standard InChI is InChI=1S/C23H16FN3O2S/c1-14-17(12-16-4-2-3-5-19(16)29-14)13-20-22(28)27-23(30-20)25-21(26-27)11-8-15-6-9-18(24)10-7-15/h2-14H,1H3/b11-8+,20-13-/t14-/m1/s1. The topological polar surface area (TPSA) is 56.5 Å². The second-order valence-corrected chi connectivity index (χ2v) is 7.92. The van der Waals surface area contributed by atoms with Gasteiger partial charge in [0, 0.05) is 5.56 Å². The van der Waals surface area contributed by atoms with Crippen molar-refractivity contribution in [2.75, 3.05) is 0 Å². The summed E-state index contributed by atoms with van der Waals surface area (Å²) in [5.74, 6) is 0.977. The summed E-state index contributed by atoms with van der Waals surface area (Å²) in [6.45, 7) is 1.96. The zero-order valence-electron chi connectivity index (χ0n) is 15.9. The lowest BCUT2D eigenvalue weighted by Gasteiger charge is -2.22. The van der Waals surface area contributed by atoms with Crippen molar-refractivity contribution >= 4 is 40.6 Å². The summed E-state index contributed by atoms with van der Waals surface area (Å²) >= 11 is 1.29. The summed E-state index contributed by atoms with van der Waals surface area (Å²) in [6.07, 6.45) is 7.20. The van der Waals surface area contributed by atoms with E-state index < -0.39 is 0 Å². The molecule has 0 N–H and O–H groups in total. The Kier molecular flexibility index (Phi) is 4.52. The molecule has 7 heteroatoms. The van der Waals surface area contributed by atoms with Crippen LogP contribution in [-0.2, 0) is 0 Å². The van der Waals surface area contributed by atoms with Gasteiger partial charge in [0.05, 0.1) is 4.53 Å². The molecule has 148 valence electrons. The van der Waals surface area contributed by atoms with Gasteiger partial charge in [-0.05, 0) is 54.5 Å². The predicted molar refractivity (Wildman–Crippen MR) is 117 cm³/mol. The van der Waals surface area contributed by atoms with Crippen LogP contribution in [0, 0.1) is 5.82 Å². The lowest BCUT2D eigenvalue weighted by atomic mass is 10.0. The van der Waals surface area contributed by atoms with E-state index in [-0.39, 0.29) is 17.5 Å². The number of para-hydroxylation sites is 1. The minimum absolute atomic E-state index is 0.157. The highest BCUT2D eigenvalue weighted by Crippen LogP contribution is 2.29. The van der Waals surface area contributed by atoms with Gasteiger partial charge >= 0.3 is 0 Å². The molecule has 0 unspecified atom stereocenters. The number of rotatable bonds is 3. The summed E-state index contributed by atoms with van der Waals surface area (Å²) < 4.78 is 20.8. The zero-order chi connectivity index (χ0) is 20.7.